The molecule has 0 saturated carbocycles. The van der Waals surface area contributed by atoms with Crippen molar-refractivity contribution in [3.05, 3.63) is 24.0 Å². The lowest BCUT2D eigenvalue weighted by molar-refractivity contribution is -0.143. The van der Waals surface area contributed by atoms with Gasteiger partial charge in [0.15, 0.2) is 0 Å². The van der Waals surface area contributed by atoms with E-state index >= 15 is 0 Å². The van der Waals surface area contributed by atoms with Crippen molar-refractivity contribution < 1.29 is 14.3 Å². The Morgan fingerprint density at radius 3 is 2.31 bits per heavy atom. The van der Waals surface area contributed by atoms with E-state index in [1.54, 1.807) is 16.9 Å². The van der Waals surface area contributed by atoms with E-state index in [4.69, 9.17) is 4.74 Å². The van der Waals surface area contributed by atoms with E-state index in [1.807, 2.05) is 43.8 Å². The van der Waals surface area contributed by atoms with Gasteiger partial charge in [0.1, 0.15) is 0 Å². The first kappa shape index (κ1) is 25.2. The van der Waals surface area contributed by atoms with Gasteiger partial charge in [-0.05, 0) is 43.7 Å². The van der Waals surface area contributed by atoms with E-state index in [9.17, 15) is 9.59 Å². The van der Waals surface area contributed by atoms with Crippen LogP contribution in [0, 0.1) is 11.3 Å². The highest BCUT2D eigenvalue weighted by Gasteiger charge is 2.26. The van der Waals surface area contributed by atoms with Crippen molar-refractivity contribution in [1.29, 1.82) is 0 Å². The molecule has 6 heteroatoms. The smallest absolute Gasteiger partial charge is 0.242 e. The number of aryl methyl sites for hydroxylation is 1. The fourth-order valence-corrected chi connectivity index (χ4v) is 3.69. The molecule has 0 aromatic carbocycles. The number of rotatable bonds is 11. The minimum atomic E-state index is -0.0474. The predicted molar refractivity (Wildman–Crippen MR) is 117 cm³/mol. The van der Waals surface area contributed by atoms with Crippen molar-refractivity contribution >= 4 is 11.8 Å². The van der Waals surface area contributed by atoms with Crippen LogP contribution >= 0.6 is 0 Å². The number of hydrogen-bond donors (Lipinski definition) is 0. The molecule has 1 heterocycles. The van der Waals surface area contributed by atoms with E-state index in [-0.39, 0.29) is 35.7 Å². The fraction of sp³-hybridized carbons (Fsp3) is 0.739. The van der Waals surface area contributed by atoms with Gasteiger partial charge >= 0.3 is 0 Å². The number of carbonyl (C=O) groups excluding carboxylic acids is 2. The van der Waals surface area contributed by atoms with Crippen LogP contribution in [0.15, 0.2) is 18.3 Å². The second-order valence-electron chi connectivity index (χ2n) is 9.61. The molecule has 0 unspecified atom stereocenters. The Balaban J connectivity index is 2.83. The van der Waals surface area contributed by atoms with Gasteiger partial charge in [-0.2, -0.15) is 0 Å². The van der Waals surface area contributed by atoms with Crippen LogP contribution in [-0.4, -0.2) is 59.0 Å². The first-order chi connectivity index (χ1) is 13.4. The normalized spacial score (nSPS) is 12.9. The summed E-state index contributed by atoms with van der Waals surface area (Å²) < 4.78 is 7.20. The van der Waals surface area contributed by atoms with E-state index in [0.29, 0.717) is 26.1 Å². The Morgan fingerprint density at radius 2 is 1.83 bits per heavy atom. The molecule has 0 aliphatic rings. The lowest BCUT2D eigenvalue weighted by atomic mass is 9.84. The minimum absolute atomic E-state index is 0.0207. The maximum atomic E-state index is 13.1. The molecular weight excluding hydrogens is 366 g/mol. The molecule has 0 aliphatic heterocycles. The Labute approximate surface area is 177 Å². The van der Waals surface area contributed by atoms with E-state index in [2.05, 4.69) is 27.7 Å². The number of aromatic nitrogens is 1. The molecule has 0 saturated heterocycles. The second kappa shape index (κ2) is 11.4. The Hall–Kier alpha value is -1.82. The molecule has 166 valence electrons. The monoisotopic (exact) mass is 407 g/mol. The molecule has 29 heavy (non-hydrogen) atoms. The van der Waals surface area contributed by atoms with Gasteiger partial charge in [-0.1, -0.05) is 27.7 Å². The van der Waals surface area contributed by atoms with Gasteiger partial charge in [-0.15, -0.1) is 0 Å². The zero-order valence-corrected chi connectivity index (χ0v) is 19.7. The number of nitrogens with zero attached hydrogens (tertiary/aromatic N) is 3. The highest BCUT2D eigenvalue weighted by atomic mass is 16.5. The van der Waals surface area contributed by atoms with E-state index in [1.165, 1.54) is 0 Å². The van der Waals surface area contributed by atoms with Crippen LogP contribution in [0.25, 0.3) is 0 Å². The van der Waals surface area contributed by atoms with Crippen LogP contribution in [0.2, 0.25) is 0 Å². The van der Waals surface area contributed by atoms with Gasteiger partial charge in [-0.3, -0.25) is 9.59 Å². The molecule has 0 aliphatic carbocycles. The Morgan fingerprint density at radius 1 is 1.17 bits per heavy atom. The third-order valence-corrected chi connectivity index (χ3v) is 5.06. The predicted octanol–water partition coefficient (Wildman–Crippen LogP) is 3.70. The lowest BCUT2D eigenvalue weighted by Gasteiger charge is -2.31. The van der Waals surface area contributed by atoms with Crippen molar-refractivity contribution in [1.82, 2.24) is 14.4 Å². The van der Waals surface area contributed by atoms with Gasteiger partial charge in [-0.25, -0.2) is 0 Å². The fourth-order valence-electron chi connectivity index (χ4n) is 3.69. The number of amides is 2. The third-order valence-electron chi connectivity index (χ3n) is 5.06. The van der Waals surface area contributed by atoms with Crippen molar-refractivity contribution in [2.75, 3.05) is 26.8 Å². The molecule has 1 aromatic heterocycles. The molecular formula is C23H41N3O3. The first-order valence-corrected chi connectivity index (χ1v) is 10.6. The average molecular weight is 408 g/mol. The summed E-state index contributed by atoms with van der Waals surface area (Å²) in [5.74, 6) is 0.288. The maximum absolute atomic E-state index is 13.1. The van der Waals surface area contributed by atoms with E-state index in [0.717, 1.165) is 12.1 Å². The summed E-state index contributed by atoms with van der Waals surface area (Å²) in [6.45, 7) is 14.2. The van der Waals surface area contributed by atoms with Crippen LogP contribution in [0.4, 0.5) is 0 Å². The number of carbonyl (C=O) groups is 2. The van der Waals surface area contributed by atoms with Crippen molar-refractivity contribution in [2.24, 2.45) is 18.4 Å². The highest BCUT2D eigenvalue weighted by molar-refractivity contribution is 5.85. The summed E-state index contributed by atoms with van der Waals surface area (Å²) in [6.07, 6.45) is 3.42. The van der Waals surface area contributed by atoms with E-state index < -0.39 is 0 Å². The molecule has 1 rings (SSSR count). The zero-order chi connectivity index (χ0) is 22.2. The molecule has 2 amide bonds. The van der Waals surface area contributed by atoms with Gasteiger partial charge in [0.05, 0.1) is 19.7 Å². The summed E-state index contributed by atoms with van der Waals surface area (Å²) in [5, 5.41) is 0. The molecule has 0 fully saturated rings. The molecule has 6 nitrogen and oxygen atoms in total. The SMILES string of the molecule is COCCN(Cc1cccn1C)C(=O)CN(C(=O)C[C@@H](C)CC(C)(C)C)C(C)C. The summed E-state index contributed by atoms with van der Waals surface area (Å²) in [6, 6.07) is 3.95. The summed E-state index contributed by atoms with van der Waals surface area (Å²) in [5.41, 5.74) is 1.24. The van der Waals surface area contributed by atoms with Crippen LogP contribution in [-0.2, 0) is 27.9 Å². The Kier molecular flexibility index (Phi) is 9.90. The van der Waals surface area contributed by atoms with Crippen LogP contribution in [0.1, 0.15) is 60.1 Å². The second-order valence-corrected chi connectivity index (χ2v) is 9.61. The molecule has 0 bridgehead atoms. The van der Waals surface area contributed by atoms with Gasteiger partial charge in [0.2, 0.25) is 11.8 Å². The van der Waals surface area contributed by atoms with Crippen molar-refractivity contribution in [3.8, 4) is 0 Å². The molecule has 1 aromatic rings. The highest BCUT2D eigenvalue weighted by Crippen LogP contribution is 2.26. The third kappa shape index (κ3) is 9.03. The van der Waals surface area contributed by atoms with Gasteiger partial charge in [0, 0.05) is 45.1 Å². The summed E-state index contributed by atoms with van der Waals surface area (Å²) in [7, 11) is 3.60. The summed E-state index contributed by atoms with van der Waals surface area (Å²) in [4.78, 5) is 29.5. The maximum Gasteiger partial charge on any atom is 0.242 e. The standard InChI is InChI=1S/C23H41N3O3/c1-18(2)26(21(27)14-19(3)15-23(4,5)6)17-22(28)25(12-13-29-8)16-20-10-9-11-24(20)7/h9-11,18-19H,12-17H2,1-8H3/t19-/m1/s1. The zero-order valence-electron chi connectivity index (χ0n) is 19.7. The van der Waals surface area contributed by atoms with Crippen molar-refractivity contribution in [3.63, 3.8) is 0 Å². The molecule has 1 atom stereocenters. The number of ether oxygens (including phenoxy) is 1. The molecule has 0 spiro atoms. The minimum Gasteiger partial charge on any atom is -0.383 e. The number of methoxy groups -OCH3 is 1. The molecule has 0 radical (unpaired) electrons. The van der Waals surface area contributed by atoms with Crippen LogP contribution in [0.5, 0.6) is 0 Å². The van der Waals surface area contributed by atoms with Gasteiger partial charge in [0.25, 0.3) is 0 Å². The first-order valence-electron chi connectivity index (χ1n) is 10.6. The van der Waals surface area contributed by atoms with Crippen molar-refractivity contribution in [2.45, 2.75) is 67.0 Å². The van der Waals surface area contributed by atoms with Crippen LogP contribution < -0.4 is 0 Å². The average Bonchev–Trinajstić information content (AvgIpc) is 2.98. The topological polar surface area (TPSA) is 54.8 Å². The van der Waals surface area contributed by atoms with Gasteiger partial charge < -0.3 is 19.1 Å². The lowest BCUT2D eigenvalue weighted by Crippen LogP contribution is -2.46. The Bertz CT molecular complexity index is 646. The number of hydrogen-bond acceptors (Lipinski definition) is 3. The van der Waals surface area contributed by atoms with Crippen LogP contribution in [0.3, 0.4) is 0 Å². The molecule has 0 N–H and O–H groups in total. The summed E-state index contributed by atoms with van der Waals surface area (Å²) >= 11 is 0. The quantitative estimate of drug-likeness (QED) is 0.562. The largest absolute Gasteiger partial charge is 0.383 e.